The molecule has 15 heavy (non-hydrogen) atoms. The molecule has 0 saturated carbocycles. The fraction of sp³-hybridized carbons (Fsp3) is 0.200. The number of hydrogen-bond donors (Lipinski definition) is 1. The Hall–Kier alpha value is -1.00. The minimum absolute atomic E-state index is 0.113. The maximum Gasteiger partial charge on any atom is 0.417 e. The van der Waals surface area contributed by atoms with Crippen molar-refractivity contribution in [3.05, 3.63) is 47.0 Å². The SMILES string of the molecule is C=CC(O)c1ccc(Cl)c(C(F)(F)F)c1. The van der Waals surface area contributed by atoms with Gasteiger partial charge in [0.2, 0.25) is 0 Å². The summed E-state index contributed by atoms with van der Waals surface area (Å²) in [6, 6.07) is 3.24. The summed E-state index contributed by atoms with van der Waals surface area (Å²) in [5.74, 6) is 0. The largest absolute Gasteiger partial charge is 0.417 e. The highest BCUT2D eigenvalue weighted by Gasteiger charge is 2.33. The standard InChI is InChI=1S/C10H8ClF3O/c1-2-9(15)6-3-4-8(11)7(5-6)10(12,13)14/h2-5,9,15H,1H2. The van der Waals surface area contributed by atoms with E-state index in [1.807, 2.05) is 0 Å². The van der Waals surface area contributed by atoms with E-state index in [-0.39, 0.29) is 10.6 Å². The van der Waals surface area contributed by atoms with Crippen molar-refractivity contribution in [1.82, 2.24) is 0 Å². The Morgan fingerprint density at radius 2 is 2.00 bits per heavy atom. The second kappa shape index (κ2) is 4.24. The number of rotatable bonds is 2. The average Bonchev–Trinajstić information content (AvgIpc) is 2.15. The Bertz CT molecular complexity index is 373. The molecule has 1 aromatic rings. The van der Waals surface area contributed by atoms with Crippen LogP contribution in [-0.4, -0.2) is 5.11 Å². The van der Waals surface area contributed by atoms with Crippen LogP contribution in [0.25, 0.3) is 0 Å². The van der Waals surface area contributed by atoms with Crippen molar-refractivity contribution in [2.45, 2.75) is 12.3 Å². The fourth-order valence-corrected chi connectivity index (χ4v) is 1.30. The summed E-state index contributed by atoms with van der Waals surface area (Å²) in [4.78, 5) is 0. The highest BCUT2D eigenvalue weighted by Crippen LogP contribution is 2.36. The first kappa shape index (κ1) is 12.1. The molecule has 5 heteroatoms. The zero-order valence-corrected chi connectivity index (χ0v) is 8.31. The molecule has 0 spiro atoms. The fourth-order valence-electron chi connectivity index (χ4n) is 1.08. The molecule has 0 aromatic heterocycles. The molecule has 0 radical (unpaired) electrons. The number of aliphatic hydroxyl groups excluding tert-OH is 1. The minimum Gasteiger partial charge on any atom is -0.384 e. The summed E-state index contributed by atoms with van der Waals surface area (Å²) in [7, 11) is 0. The van der Waals surface area contributed by atoms with E-state index >= 15 is 0 Å². The lowest BCUT2D eigenvalue weighted by Gasteiger charge is -2.12. The number of aliphatic hydroxyl groups is 1. The monoisotopic (exact) mass is 236 g/mol. The van der Waals surface area contributed by atoms with Gasteiger partial charge in [0.15, 0.2) is 0 Å². The first-order chi connectivity index (χ1) is 6.86. The van der Waals surface area contributed by atoms with Crippen LogP contribution >= 0.6 is 11.6 Å². The van der Waals surface area contributed by atoms with Crippen molar-refractivity contribution in [2.75, 3.05) is 0 Å². The van der Waals surface area contributed by atoms with Gasteiger partial charge in [-0.1, -0.05) is 23.7 Å². The van der Waals surface area contributed by atoms with E-state index in [0.29, 0.717) is 0 Å². The summed E-state index contributed by atoms with van der Waals surface area (Å²) in [6.45, 7) is 3.29. The van der Waals surface area contributed by atoms with Crippen LogP contribution in [0.15, 0.2) is 30.9 Å². The Labute approximate surface area is 89.8 Å². The lowest BCUT2D eigenvalue weighted by molar-refractivity contribution is -0.137. The second-order valence-electron chi connectivity index (χ2n) is 2.92. The van der Waals surface area contributed by atoms with Gasteiger partial charge in [-0.15, -0.1) is 6.58 Å². The summed E-state index contributed by atoms with van der Waals surface area (Å²) in [5, 5.41) is 8.90. The van der Waals surface area contributed by atoms with Crippen molar-refractivity contribution in [2.24, 2.45) is 0 Å². The molecule has 0 bridgehead atoms. The molecule has 0 amide bonds. The molecule has 1 atom stereocenters. The number of hydrogen-bond acceptors (Lipinski definition) is 1. The van der Waals surface area contributed by atoms with Gasteiger partial charge in [0.1, 0.15) is 0 Å². The summed E-state index contributed by atoms with van der Waals surface area (Å²) >= 11 is 5.40. The molecule has 1 aromatic carbocycles. The molecule has 0 fully saturated rings. The molecule has 0 aliphatic heterocycles. The van der Waals surface area contributed by atoms with E-state index in [9.17, 15) is 18.3 Å². The zero-order chi connectivity index (χ0) is 11.6. The third-order valence-corrected chi connectivity index (χ3v) is 2.19. The Morgan fingerprint density at radius 3 is 2.47 bits per heavy atom. The topological polar surface area (TPSA) is 20.2 Å². The first-order valence-corrected chi connectivity index (χ1v) is 4.41. The van der Waals surface area contributed by atoms with E-state index in [4.69, 9.17) is 11.6 Å². The lowest BCUT2D eigenvalue weighted by Crippen LogP contribution is -2.07. The summed E-state index contributed by atoms with van der Waals surface area (Å²) in [6.07, 6.45) is -4.50. The molecule has 0 aliphatic carbocycles. The maximum atomic E-state index is 12.4. The van der Waals surface area contributed by atoms with Crippen LogP contribution in [0.1, 0.15) is 17.2 Å². The molecule has 1 N–H and O–H groups in total. The van der Waals surface area contributed by atoms with E-state index in [1.165, 1.54) is 6.07 Å². The van der Waals surface area contributed by atoms with E-state index < -0.39 is 17.8 Å². The van der Waals surface area contributed by atoms with Crippen LogP contribution in [0.3, 0.4) is 0 Å². The van der Waals surface area contributed by atoms with Crippen LogP contribution in [0.5, 0.6) is 0 Å². The zero-order valence-electron chi connectivity index (χ0n) is 7.55. The predicted octanol–water partition coefficient (Wildman–Crippen LogP) is 3.58. The Balaban J connectivity index is 3.22. The van der Waals surface area contributed by atoms with Gasteiger partial charge in [-0.05, 0) is 17.7 Å². The van der Waals surface area contributed by atoms with Gasteiger partial charge in [0.05, 0.1) is 16.7 Å². The van der Waals surface area contributed by atoms with Crippen LogP contribution < -0.4 is 0 Å². The Morgan fingerprint density at radius 1 is 1.40 bits per heavy atom. The highest BCUT2D eigenvalue weighted by atomic mass is 35.5. The van der Waals surface area contributed by atoms with E-state index in [2.05, 4.69) is 6.58 Å². The van der Waals surface area contributed by atoms with Gasteiger partial charge in [-0.3, -0.25) is 0 Å². The van der Waals surface area contributed by atoms with Crippen molar-refractivity contribution in [3.8, 4) is 0 Å². The van der Waals surface area contributed by atoms with Crippen molar-refractivity contribution >= 4 is 11.6 Å². The minimum atomic E-state index is -4.52. The summed E-state index contributed by atoms with van der Waals surface area (Å²) < 4.78 is 37.2. The normalized spacial score (nSPS) is 13.7. The third kappa shape index (κ3) is 2.73. The molecule has 0 saturated heterocycles. The first-order valence-electron chi connectivity index (χ1n) is 4.03. The third-order valence-electron chi connectivity index (χ3n) is 1.86. The van der Waals surface area contributed by atoms with Gasteiger partial charge >= 0.3 is 6.18 Å². The second-order valence-corrected chi connectivity index (χ2v) is 3.32. The van der Waals surface area contributed by atoms with E-state index in [0.717, 1.165) is 18.2 Å². The van der Waals surface area contributed by atoms with Crippen LogP contribution in [0.4, 0.5) is 13.2 Å². The lowest BCUT2D eigenvalue weighted by atomic mass is 10.1. The van der Waals surface area contributed by atoms with Crippen LogP contribution in [0, 0.1) is 0 Å². The predicted molar refractivity (Wildman–Crippen MR) is 51.6 cm³/mol. The molecule has 1 rings (SSSR count). The Kier molecular flexibility index (Phi) is 3.42. The number of alkyl halides is 3. The number of benzene rings is 1. The van der Waals surface area contributed by atoms with Gasteiger partial charge < -0.3 is 5.11 Å². The molecule has 1 unspecified atom stereocenters. The molecule has 82 valence electrons. The smallest absolute Gasteiger partial charge is 0.384 e. The van der Waals surface area contributed by atoms with Gasteiger partial charge in [0, 0.05) is 0 Å². The average molecular weight is 237 g/mol. The summed E-state index contributed by atoms with van der Waals surface area (Å²) in [5.41, 5.74) is -0.843. The molecular formula is C10H8ClF3O. The van der Waals surface area contributed by atoms with Gasteiger partial charge in [-0.25, -0.2) is 0 Å². The van der Waals surface area contributed by atoms with Gasteiger partial charge in [0.25, 0.3) is 0 Å². The van der Waals surface area contributed by atoms with Gasteiger partial charge in [-0.2, -0.15) is 13.2 Å². The quantitative estimate of drug-likeness (QED) is 0.779. The van der Waals surface area contributed by atoms with Crippen molar-refractivity contribution < 1.29 is 18.3 Å². The van der Waals surface area contributed by atoms with Crippen LogP contribution in [-0.2, 0) is 6.18 Å². The van der Waals surface area contributed by atoms with E-state index in [1.54, 1.807) is 0 Å². The molecule has 1 nitrogen and oxygen atoms in total. The maximum absolute atomic E-state index is 12.4. The molecule has 0 aliphatic rings. The molecular weight excluding hydrogens is 229 g/mol. The van der Waals surface area contributed by atoms with Crippen LogP contribution in [0.2, 0.25) is 5.02 Å². The highest BCUT2D eigenvalue weighted by molar-refractivity contribution is 6.31. The molecule has 0 heterocycles. The van der Waals surface area contributed by atoms with Crippen molar-refractivity contribution in [1.29, 1.82) is 0 Å². The number of halogens is 4. The van der Waals surface area contributed by atoms with Crippen molar-refractivity contribution in [3.63, 3.8) is 0 Å².